The van der Waals surface area contributed by atoms with Crippen LogP contribution in [0.1, 0.15) is 12.0 Å². The van der Waals surface area contributed by atoms with E-state index in [0.29, 0.717) is 5.02 Å². The lowest BCUT2D eigenvalue weighted by Gasteiger charge is -2.17. The number of urea groups is 1. The standard InChI is InChI=1S/C18H20ClN3O/c19-15-6-8-16(9-7-15)20-18(23)21-17-10-11-22(13-17)12-14-4-2-1-3-5-14/h1-9,17H,10-13H2,(H2,20,21,23)/t17-/m1/s1. The SMILES string of the molecule is O=C(Nc1ccc(Cl)cc1)N[C@@H]1CCN(Cc2ccccc2)C1. The summed E-state index contributed by atoms with van der Waals surface area (Å²) in [4.78, 5) is 14.4. The summed E-state index contributed by atoms with van der Waals surface area (Å²) in [6.07, 6.45) is 0.973. The van der Waals surface area contributed by atoms with Gasteiger partial charge in [-0.25, -0.2) is 4.79 Å². The van der Waals surface area contributed by atoms with E-state index in [1.54, 1.807) is 24.3 Å². The van der Waals surface area contributed by atoms with Crippen LogP contribution in [0.3, 0.4) is 0 Å². The fourth-order valence-corrected chi connectivity index (χ4v) is 2.95. The molecule has 2 amide bonds. The molecule has 3 rings (SSSR count). The van der Waals surface area contributed by atoms with E-state index >= 15 is 0 Å². The predicted molar refractivity (Wildman–Crippen MR) is 93.7 cm³/mol. The first-order valence-corrected chi connectivity index (χ1v) is 8.16. The van der Waals surface area contributed by atoms with Gasteiger partial charge < -0.3 is 10.6 Å². The van der Waals surface area contributed by atoms with E-state index in [-0.39, 0.29) is 12.1 Å². The van der Waals surface area contributed by atoms with Gasteiger partial charge >= 0.3 is 6.03 Å². The van der Waals surface area contributed by atoms with Gasteiger partial charge in [0.05, 0.1) is 0 Å². The van der Waals surface area contributed by atoms with Crippen LogP contribution in [-0.4, -0.2) is 30.1 Å². The van der Waals surface area contributed by atoms with Gasteiger partial charge in [-0.15, -0.1) is 0 Å². The summed E-state index contributed by atoms with van der Waals surface area (Å²) in [5, 5.41) is 6.52. The van der Waals surface area contributed by atoms with Gasteiger partial charge in [0.25, 0.3) is 0 Å². The molecule has 1 atom stereocenters. The fourth-order valence-electron chi connectivity index (χ4n) is 2.82. The molecular formula is C18H20ClN3O. The number of hydrogen-bond donors (Lipinski definition) is 2. The molecule has 2 aromatic rings. The number of hydrogen-bond acceptors (Lipinski definition) is 2. The topological polar surface area (TPSA) is 44.4 Å². The first-order valence-electron chi connectivity index (χ1n) is 7.78. The molecule has 2 aromatic carbocycles. The lowest BCUT2D eigenvalue weighted by molar-refractivity contribution is 0.247. The first kappa shape index (κ1) is 15.8. The van der Waals surface area contributed by atoms with Gasteiger partial charge in [-0.1, -0.05) is 41.9 Å². The Morgan fingerprint density at radius 1 is 1.13 bits per heavy atom. The highest BCUT2D eigenvalue weighted by molar-refractivity contribution is 6.30. The van der Waals surface area contributed by atoms with Crippen molar-refractivity contribution >= 4 is 23.3 Å². The molecule has 0 spiro atoms. The molecule has 0 aliphatic carbocycles. The fraction of sp³-hybridized carbons (Fsp3) is 0.278. The van der Waals surface area contributed by atoms with Gasteiger partial charge in [0, 0.05) is 36.4 Å². The quantitative estimate of drug-likeness (QED) is 0.897. The van der Waals surface area contributed by atoms with E-state index in [4.69, 9.17) is 11.6 Å². The highest BCUT2D eigenvalue weighted by Crippen LogP contribution is 2.15. The van der Waals surface area contributed by atoms with Crippen molar-refractivity contribution in [2.24, 2.45) is 0 Å². The van der Waals surface area contributed by atoms with Crippen LogP contribution in [-0.2, 0) is 6.54 Å². The monoisotopic (exact) mass is 329 g/mol. The molecule has 120 valence electrons. The predicted octanol–water partition coefficient (Wildman–Crippen LogP) is 3.74. The highest BCUT2D eigenvalue weighted by atomic mass is 35.5. The molecule has 1 aliphatic rings. The Balaban J connectivity index is 1.46. The van der Waals surface area contributed by atoms with Crippen LogP contribution in [0.15, 0.2) is 54.6 Å². The van der Waals surface area contributed by atoms with Crippen LogP contribution in [0.4, 0.5) is 10.5 Å². The molecule has 4 nitrogen and oxygen atoms in total. The van der Waals surface area contributed by atoms with E-state index in [1.807, 2.05) is 6.07 Å². The Kier molecular flexibility index (Phi) is 5.16. The molecule has 23 heavy (non-hydrogen) atoms. The molecule has 1 saturated heterocycles. The number of carbonyl (C=O) groups is 1. The van der Waals surface area contributed by atoms with E-state index in [9.17, 15) is 4.79 Å². The van der Waals surface area contributed by atoms with Crippen molar-refractivity contribution in [1.29, 1.82) is 0 Å². The Hall–Kier alpha value is -2.04. The minimum absolute atomic E-state index is 0.168. The summed E-state index contributed by atoms with van der Waals surface area (Å²) in [6, 6.07) is 17.5. The third-order valence-electron chi connectivity index (χ3n) is 3.96. The summed E-state index contributed by atoms with van der Waals surface area (Å²) in [5.41, 5.74) is 2.05. The molecule has 0 saturated carbocycles. The largest absolute Gasteiger partial charge is 0.334 e. The maximum absolute atomic E-state index is 12.0. The van der Waals surface area contributed by atoms with Gasteiger partial charge in [0.15, 0.2) is 0 Å². The molecule has 0 unspecified atom stereocenters. The molecule has 0 bridgehead atoms. The van der Waals surface area contributed by atoms with E-state index in [1.165, 1.54) is 5.56 Å². The zero-order chi connectivity index (χ0) is 16.1. The van der Waals surface area contributed by atoms with Crippen molar-refractivity contribution in [3.05, 3.63) is 65.2 Å². The highest BCUT2D eigenvalue weighted by Gasteiger charge is 2.23. The Bertz CT molecular complexity index is 645. The van der Waals surface area contributed by atoms with Gasteiger partial charge in [0.2, 0.25) is 0 Å². The van der Waals surface area contributed by atoms with Gasteiger partial charge in [0.1, 0.15) is 0 Å². The number of halogens is 1. The van der Waals surface area contributed by atoms with Crippen molar-refractivity contribution in [3.8, 4) is 0 Å². The van der Waals surface area contributed by atoms with Crippen LogP contribution in [0.5, 0.6) is 0 Å². The Labute approximate surface area is 141 Å². The summed E-state index contributed by atoms with van der Waals surface area (Å²) >= 11 is 5.83. The van der Waals surface area contributed by atoms with Crippen molar-refractivity contribution in [3.63, 3.8) is 0 Å². The van der Waals surface area contributed by atoms with E-state index in [2.05, 4.69) is 39.8 Å². The van der Waals surface area contributed by atoms with Crippen LogP contribution in [0.2, 0.25) is 5.02 Å². The molecule has 0 aromatic heterocycles. The number of anilines is 1. The minimum Gasteiger partial charge on any atom is -0.334 e. The van der Waals surface area contributed by atoms with Crippen LogP contribution >= 0.6 is 11.6 Å². The molecular weight excluding hydrogens is 310 g/mol. The van der Waals surface area contributed by atoms with Gasteiger partial charge in [-0.3, -0.25) is 4.90 Å². The average molecular weight is 330 g/mol. The molecule has 1 heterocycles. The first-order chi connectivity index (χ1) is 11.2. The smallest absolute Gasteiger partial charge is 0.319 e. The third-order valence-corrected chi connectivity index (χ3v) is 4.21. The summed E-state index contributed by atoms with van der Waals surface area (Å²) in [6.45, 7) is 2.81. The normalized spacial score (nSPS) is 17.9. The van der Waals surface area contributed by atoms with Crippen molar-refractivity contribution in [1.82, 2.24) is 10.2 Å². The summed E-state index contributed by atoms with van der Waals surface area (Å²) in [5.74, 6) is 0. The van der Waals surface area contributed by atoms with Gasteiger partial charge in [-0.05, 0) is 36.2 Å². The molecule has 2 N–H and O–H groups in total. The second-order valence-electron chi connectivity index (χ2n) is 5.81. The second kappa shape index (κ2) is 7.49. The Morgan fingerprint density at radius 3 is 2.61 bits per heavy atom. The number of amides is 2. The molecule has 1 fully saturated rings. The minimum atomic E-state index is -0.168. The van der Waals surface area contributed by atoms with E-state index in [0.717, 1.165) is 31.7 Å². The molecule has 1 aliphatic heterocycles. The third kappa shape index (κ3) is 4.71. The Morgan fingerprint density at radius 2 is 1.87 bits per heavy atom. The number of benzene rings is 2. The summed E-state index contributed by atoms with van der Waals surface area (Å²) in [7, 11) is 0. The van der Waals surface area contributed by atoms with Crippen LogP contribution < -0.4 is 10.6 Å². The molecule has 5 heteroatoms. The second-order valence-corrected chi connectivity index (χ2v) is 6.25. The lowest BCUT2D eigenvalue weighted by Crippen LogP contribution is -2.39. The number of nitrogens with one attached hydrogen (secondary N) is 2. The number of rotatable bonds is 4. The van der Waals surface area contributed by atoms with E-state index < -0.39 is 0 Å². The van der Waals surface area contributed by atoms with Crippen molar-refractivity contribution in [2.45, 2.75) is 19.0 Å². The van der Waals surface area contributed by atoms with Crippen molar-refractivity contribution in [2.75, 3.05) is 18.4 Å². The molecule has 0 radical (unpaired) electrons. The zero-order valence-electron chi connectivity index (χ0n) is 12.8. The lowest BCUT2D eigenvalue weighted by atomic mass is 10.2. The number of likely N-dealkylation sites (tertiary alicyclic amines) is 1. The van der Waals surface area contributed by atoms with Gasteiger partial charge in [-0.2, -0.15) is 0 Å². The number of nitrogens with zero attached hydrogens (tertiary/aromatic N) is 1. The average Bonchev–Trinajstić information content (AvgIpc) is 2.97. The van der Waals surface area contributed by atoms with Crippen molar-refractivity contribution < 1.29 is 4.79 Å². The van der Waals surface area contributed by atoms with Crippen LogP contribution in [0, 0.1) is 0 Å². The maximum Gasteiger partial charge on any atom is 0.319 e. The maximum atomic E-state index is 12.0. The number of carbonyl (C=O) groups excluding carboxylic acids is 1. The van der Waals surface area contributed by atoms with Crippen LogP contribution in [0.25, 0.3) is 0 Å². The summed E-state index contributed by atoms with van der Waals surface area (Å²) < 4.78 is 0. The zero-order valence-corrected chi connectivity index (χ0v) is 13.6.